The molecule has 0 aromatic heterocycles. The highest BCUT2D eigenvalue weighted by atomic mass is 79.9. The minimum absolute atomic E-state index is 0.236. The van der Waals surface area contributed by atoms with Crippen LogP contribution in [0, 0.1) is 6.92 Å². The van der Waals surface area contributed by atoms with Crippen LogP contribution in [0.1, 0.15) is 16.7 Å². The van der Waals surface area contributed by atoms with Gasteiger partial charge in [0.2, 0.25) is 0 Å². The molecule has 138 valence electrons. The summed E-state index contributed by atoms with van der Waals surface area (Å²) in [6.45, 7) is 6.25. The number of benzene rings is 2. The van der Waals surface area contributed by atoms with E-state index < -0.39 is 6.03 Å². The fourth-order valence-corrected chi connectivity index (χ4v) is 3.14. The van der Waals surface area contributed by atoms with Gasteiger partial charge in [0.05, 0.1) is 11.0 Å². The van der Waals surface area contributed by atoms with Gasteiger partial charge in [-0.05, 0) is 52.2 Å². The molecule has 3 rings (SSSR count). The number of ether oxygens (including phenoxy) is 1. The minimum Gasteiger partial charge on any atom is -0.488 e. The van der Waals surface area contributed by atoms with Crippen LogP contribution in [0.15, 0.2) is 65.3 Å². The third-order valence-electron chi connectivity index (χ3n) is 4.05. The van der Waals surface area contributed by atoms with Gasteiger partial charge < -0.3 is 10.1 Å². The molecule has 1 saturated heterocycles. The second-order valence-corrected chi connectivity index (χ2v) is 7.01. The Hall–Kier alpha value is -2.86. The number of hydrogen-bond donors (Lipinski definition) is 1. The zero-order chi connectivity index (χ0) is 19.4. The van der Waals surface area contributed by atoms with Gasteiger partial charge in [0.1, 0.15) is 18.1 Å². The summed E-state index contributed by atoms with van der Waals surface area (Å²) >= 11 is 3.44. The van der Waals surface area contributed by atoms with Crippen molar-refractivity contribution in [3.63, 3.8) is 0 Å². The summed E-state index contributed by atoms with van der Waals surface area (Å²) in [4.78, 5) is 26.0. The molecule has 3 amide bonds. The summed E-state index contributed by atoms with van der Waals surface area (Å²) in [6.07, 6.45) is 3.31. The first kappa shape index (κ1) is 18.9. The van der Waals surface area contributed by atoms with E-state index in [1.807, 2.05) is 43.3 Å². The second kappa shape index (κ2) is 8.22. The van der Waals surface area contributed by atoms with E-state index in [9.17, 15) is 9.59 Å². The number of hydrogen-bond acceptors (Lipinski definition) is 3. The summed E-state index contributed by atoms with van der Waals surface area (Å²) < 4.78 is 6.27. The van der Waals surface area contributed by atoms with Gasteiger partial charge in [-0.3, -0.25) is 9.69 Å². The van der Waals surface area contributed by atoms with Crippen LogP contribution in [0.3, 0.4) is 0 Å². The van der Waals surface area contributed by atoms with Crippen LogP contribution in [0.4, 0.5) is 4.79 Å². The maximum absolute atomic E-state index is 12.6. The molecular formula is C21H19BrN2O3. The molecule has 5 nitrogen and oxygen atoms in total. The smallest absolute Gasteiger partial charge is 0.329 e. The first-order chi connectivity index (χ1) is 13.0. The lowest BCUT2D eigenvalue weighted by Gasteiger charge is -2.11. The molecule has 1 N–H and O–H groups in total. The van der Waals surface area contributed by atoms with Gasteiger partial charge in [-0.15, -0.1) is 0 Å². The lowest BCUT2D eigenvalue weighted by molar-refractivity contribution is -0.123. The number of imide groups is 1. The van der Waals surface area contributed by atoms with E-state index in [4.69, 9.17) is 4.74 Å². The number of amides is 3. The summed E-state index contributed by atoms with van der Waals surface area (Å²) in [6, 6.07) is 12.8. The Morgan fingerprint density at radius 1 is 1.19 bits per heavy atom. The predicted octanol–water partition coefficient (Wildman–Crippen LogP) is 4.42. The lowest BCUT2D eigenvalue weighted by Crippen LogP contribution is -2.30. The fraction of sp³-hybridized carbons (Fsp3) is 0.143. The third kappa shape index (κ3) is 4.46. The Labute approximate surface area is 166 Å². The molecule has 0 atom stereocenters. The minimum atomic E-state index is -0.420. The molecule has 0 radical (unpaired) electrons. The number of rotatable bonds is 6. The number of carbonyl (C=O) groups excluding carboxylic acids is 2. The number of nitrogens with one attached hydrogen (secondary N) is 1. The molecule has 1 fully saturated rings. The molecule has 2 aromatic carbocycles. The van der Waals surface area contributed by atoms with Crippen LogP contribution in [-0.2, 0) is 11.3 Å². The molecule has 2 aromatic rings. The van der Waals surface area contributed by atoms with Gasteiger partial charge in [0.25, 0.3) is 5.91 Å². The van der Waals surface area contributed by atoms with Crippen molar-refractivity contribution in [1.29, 1.82) is 0 Å². The van der Waals surface area contributed by atoms with E-state index in [1.54, 1.807) is 18.2 Å². The van der Waals surface area contributed by atoms with Crippen LogP contribution in [-0.4, -0.2) is 23.4 Å². The summed E-state index contributed by atoms with van der Waals surface area (Å²) in [5.41, 5.74) is 3.05. The molecule has 0 bridgehead atoms. The Bertz CT molecular complexity index is 920. The van der Waals surface area contributed by atoms with E-state index >= 15 is 0 Å². The highest BCUT2D eigenvalue weighted by molar-refractivity contribution is 9.10. The molecule has 27 heavy (non-hydrogen) atoms. The second-order valence-electron chi connectivity index (χ2n) is 6.15. The van der Waals surface area contributed by atoms with Crippen molar-refractivity contribution < 1.29 is 14.3 Å². The van der Waals surface area contributed by atoms with Crippen LogP contribution < -0.4 is 10.1 Å². The Kier molecular flexibility index (Phi) is 5.76. The molecule has 0 spiro atoms. The summed E-state index contributed by atoms with van der Waals surface area (Å²) in [5, 5.41) is 2.64. The van der Waals surface area contributed by atoms with Crippen LogP contribution >= 0.6 is 15.9 Å². The number of halogens is 1. The molecule has 6 heteroatoms. The van der Waals surface area contributed by atoms with E-state index in [-0.39, 0.29) is 18.1 Å². The first-order valence-corrected chi connectivity index (χ1v) is 9.20. The summed E-state index contributed by atoms with van der Waals surface area (Å²) in [5.74, 6) is 0.337. The summed E-state index contributed by atoms with van der Waals surface area (Å²) in [7, 11) is 0. The lowest BCUT2D eigenvalue weighted by atomic mass is 10.1. The molecule has 0 unspecified atom stereocenters. The molecule has 1 aliphatic rings. The quantitative estimate of drug-likeness (QED) is 0.422. The SMILES string of the molecule is C=CCOc1ccc(/C=C2/NC(=O)N(Cc3ccc(C)cc3)C2=O)cc1Br. The standard InChI is InChI=1S/C21H19BrN2O3/c1-3-10-27-19-9-8-16(11-17(19)22)12-18-20(25)24(21(26)23-18)13-15-6-4-14(2)5-7-15/h3-9,11-12H,1,10,13H2,2H3,(H,23,26)/b18-12+. The van der Waals surface area contributed by atoms with E-state index in [2.05, 4.69) is 27.8 Å². The topological polar surface area (TPSA) is 58.6 Å². The van der Waals surface area contributed by atoms with Crippen molar-refractivity contribution >= 4 is 33.9 Å². The Balaban J connectivity index is 1.76. The van der Waals surface area contributed by atoms with Crippen LogP contribution in [0.25, 0.3) is 6.08 Å². The number of urea groups is 1. The molecule has 0 saturated carbocycles. The van der Waals surface area contributed by atoms with Crippen molar-refractivity contribution in [1.82, 2.24) is 10.2 Å². The number of aryl methyl sites for hydroxylation is 1. The normalized spacial score (nSPS) is 15.2. The maximum Gasteiger partial charge on any atom is 0.329 e. The molecular weight excluding hydrogens is 408 g/mol. The predicted molar refractivity (Wildman–Crippen MR) is 108 cm³/mol. The van der Waals surface area contributed by atoms with Crippen LogP contribution in [0.2, 0.25) is 0 Å². The Morgan fingerprint density at radius 2 is 1.93 bits per heavy atom. The monoisotopic (exact) mass is 426 g/mol. The average molecular weight is 427 g/mol. The Morgan fingerprint density at radius 3 is 2.59 bits per heavy atom. The third-order valence-corrected chi connectivity index (χ3v) is 4.67. The maximum atomic E-state index is 12.6. The van der Waals surface area contributed by atoms with Gasteiger partial charge in [-0.1, -0.05) is 48.6 Å². The van der Waals surface area contributed by atoms with Gasteiger partial charge in [-0.2, -0.15) is 0 Å². The number of carbonyl (C=O) groups is 2. The highest BCUT2D eigenvalue weighted by Gasteiger charge is 2.33. The van der Waals surface area contributed by atoms with Crippen molar-refractivity contribution in [3.8, 4) is 5.75 Å². The molecule has 1 aliphatic heterocycles. The fourth-order valence-electron chi connectivity index (χ4n) is 2.63. The first-order valence-electron chi connectivity index (χ1n) is 8.41. The number of nitrogens with zero attached hydrogens (tertiary/aromatic N) is 1. The van der Waals surface area contributed by atoms with Gasteiger partial charge >= 0.3 is 6.03 Å². The van der Waals surface area contributed by atoms with Gasteiger partial charge in [0.15, 0.2) is 0 Å². The van der Waals surface area contributed by atoms with Crippen LogP contribution in [0.5, 0.6) is 5.75 Å². The molecule has 0 aliphatic carbocycles. The average Bonchev–Trinajstić information content (AvgIpc) is 2.90. The van der Waals surface area contributed by atoms with E-state index in [0.717, 1.165) is 21.2 Å². The largest absolute Gasteiger partial charge is 0.488 e. The zero-order valence-corrected chi connectivity index (χ0v) is 16.5. The van der Waals surface area contributed by atoms with Gasteiger partial charge in [0, 0.05) is 0 Å². The van der Waals surface area contributed by atoms with Crippen molar-refractivity contribution in [2.45, 2.75) is 13.5 Å². The van der Waals surface area contributed by atoms with E-state index in [1.165, 1.54) is 4.90 Å². The van der Waals surface area contributed by atoms with Gasteiger partial charge in [-0.25, -0.2) is 4.79 Å². The zero-order valence-electron chi connectivity index (χ0n) is 14.9. The van der Waals surface area contributed by atoms with Crippen molar-refractivity contribution in [2.24, 2.45) is 0 Å². The van der Waals surface area contributed by atoms with Crippen molar-refractivity contribution in [3.05, 3.63) is 82.0 Å². The molecule has 1 heterocycles. The van der Waals surface area contributed by atoms with E-state index in [0.29, 0.717) is 12.4 Å². The highest BCUT2D eigenvalue weighted by Crippen LogP contribution is 2.27. The van der Waals surface area contributed by atoms with Crippen molar-refractivity contribution in [2.75, 3.05) is 6.61 Å².